The number of hydrogen-bond acceptors (Lipinski definition) is 5. The lowest BCUT2D eigenvalue weighted by molar-refractivity contribution is -0.149. The highest BCUT2D eigenvalue weighted by atomic mass is 16.5. The molecular formula is C16H22N2O4. The van der Waals surface area contributed by atoms with Crippen molar-refractivity contribution in [3.8, 4) is 0 Å². The van der Waals surface area contributed by atoms with Crippen molar-refractivity contribution < 1.29 is 19.1 Å². The van der Waals surface area contributed by atoms with Crippen LogP contribution in [-0.4, -0.2) is 30.3 Å². The minimum absolute atomic E-state index is 0.0838. The maximum atomic E-state index is 12.0. The van der Waals surface area contributed by atoms with Gasteiger partial charge in [-0.1, -0.05) is 32.0 Å². The molecule has 120 valence electrons. The quantitative estimate of drug-likeness (QED) is 0.561. The highest BCUT2D eigenvalue weighted by Crippen LogP contribution is 2.09. The lowest BCUT2D eigenvalue weighted by atomic mass is 9.96. The highest BCUT2D eigenvalue weighted by molar-refractivity contribution is 5.94. The van der Waals surface area contributed by atoms with Gasteiger partial charge >= 0.3 is 5.97 Å². The first-order chi connectivity index (χ1) is 10.5. The van der Waals surface area contributed by atoms with E-state index in [1.807, 2.05) is 0 Å². The van der Waals surface area contributed by atoms with Crippen LogP contribution in [0, 0.1) is 5.92 Å². The van der Waals surface area contributed by atoms with Crippen LogP contribution in [0.3, 0.4) is 0 Å². The summed E-state index contributed by atoms with van der Waals surface area (Å²) in [5, 5.41) is 0. The Balaban J connectivity index is 2.74. The second-order valence-corrected chi connectivity index (χ2v) is 4.80. The largest absolute Gasteiger partial charge is 0.465 e. The maximum absolute atomic E-state index is 12.0. The van der Waals surface area contributed by atoms with Crippen molar-refractivity contribution in [2.24, 2.45) is 5.92 Å². The maximum Gasteiger partial charge on any atom is 0.325 e. The van der Waals surface area contributed by atoms with Crippen LogP contribution >= 0.6 is 0 Å². The fourth-order valence-corrected chi connectivity index (χ4v) is 1.93. The van der Waals surface area contributed by atoms with Crippen molar-refractivity contribution in [2.45, 2.75) is 33.2 Å². The number of amides is 1. The lowest BCUT2D eigenvalue weighted by Gasteiger charge is -2.22. The number of nitrogens with one attached hydrogen (secondary N) is 2. The van der Waals surface area contributed by atoms with Gasteiger partial charge in [0.05, 0.1) is 6.61 Å². The Morgan fingerprint density at radius 3 is 2.32 bits per heavy atom. The van der Waals surface area contributed by atoms with E-state index < -0.39 is 17.9 Å². The molecule has 1 aromatic rings. The standard InChI is InChI=1S/C16H22N2O4/c1-4-13(19)11(3)14(16(21)22-5-2)17-18-15(20)12-9-7-6-8-10-12/h6-11,14,17H,4-5H2,1-3H3,(H,18,20)/t11-,14+/m0/s1. The summed E-state index contributed by atoms with van der Waals surface area (Å²) in [6.07, 6.45) is 0.311. The predicted octanol–water partition coefficient (Wildman–Crippen LogP) is 1.47. The van der Waals surface area contributed by atoms with Gasteiger partial charge in [-0.15, -0.1) is 0 Å². The van der Waals surface area contributed by atoms with Gasteiger partial charge in [0.15, 0.2) is 0 Å². The van der Waals surface area contributed by atoms with Gasteiger partial charge in [0, 0.05) is 17.9 Å². The molecule has 0 saturated carbocycles. The summed E-state index contributed by atoms with van der Waals surface area (Å²) in [7, 11) is 0. The second kappa shape index (κ2) is 8.94. The Morgan fingerprint density at radius 2 is 1.77 bits per heavy atom. The molecule has 1 amide bonds. The third-order valence-electron chi connectivity index (χ3n) is 3.27. The molecule has 0 aliphatic carbocycles. The zero-order valence-electron chi connectivity index (χ0n) is 13.1. The molecule has 6 nitrogen and oxygen atoms in total. The van der Waals surface area contributed by atoms with Crippen molar-refractivity contribution in [1.82, 2.24) is 10.9 Å². The summed E-state index contributed by atoms with van der Waals surface area (Å²) < 4.78 is 4.95. The Bertz CT molecular complexity index is 516. The molecule has 0 fully saturated rings. The minimum Gasteiger partial charge on any atom is -0.465 e. The smallest absolute Gasteiger partial charge is 0.325 e. The van der Waals surface area contributed by atoms with Crippen LogP contribution in [0.4, 0.5) is 0 Å². The Morgan fingerprint density at radius 1 is 1.14 bits per heavy atom. The van der Waals surface area contributed by atoms with Gasteiger partial charge in [0.25, 0.3) is 5.91 Å². The molecular weight excluding hydrogens is 284 g/mol. The number of hydrazine groups is 1. The molecule has 0 aromatic heterocycles. The number of esters is 1. The molecule has 0 saturated heterocycles. The first kappa shape index (κ1) is 17.8. The SMILES string of the molecule is CCOC(=O)[C@H](NNC(=O)c1ccccc1)[C@@H](C)C(=O)CC. The third kappa shape index (κ3) is 4.96. The zero-order valence-corrected chi connectivity index (χ0v) is 13.1. The van der Waals surface area contributed by atoms with Gasteiger partial charge in [0.2, 0.25) is 0 Å². The van der Waals surface area contributed by atoms with Crippen LogP contribution in [0.5, 0.6) is 0 Å². The predicted molar refractivity (Wildman–Crippen MR) is 81.9 cm³/mol. The molecule has 0 unspecified atom stereocenters. The second-order valence-electron chi connectivity index (χ2n) is 4.80. The number of carbonyl (C=O) groups excluding carboxylic acids is 3. The van der Waals surface area contributed by atoms with Crippen LogP contribution in [0.1, 0.15) is 37.6 Å². The molecule has 0 aliphatic heterocycles. The highest BCUT2D eigenvalue weighted by Gasteiger charge is 2.30. The number of rotatable bonds is 8. The van der Waals surface area contributed by atoms with E-state index in [1.165, 1.54) is 0 Å². The average molecular weight is 306 g/mol. The lowest BCUT2D eigenvalue weighted by Crippen LogP contribution is -2.53. The van der Waals surface area contributed by atoms with E-state index in [4.69, 9.17) is 4.74 Å². The Hall–Kier alpha value is -2.21. The summed E-state index contributed by atoms with van der Waals surface area (Å²) in [5.41, 5.74) is 5.53. The van der Waals surface area contributed by atoms with E-state index in [9.17, 15) is 14.4 Å². The van der Waals surface area contributed by atoms with Crippen molar-refractivity contribution in [3.63, 3.8) is 0 Å². The number of hydrogen-bond donors (Lipinski definition) is 2. The minimum atomic E-state index is -0.917. The number of ether oxygens (including phenoxy) is 1. The molecule has 6 heteroatoms. The fourth-order valence-electron chi connectivity index (χ4n) is 1.93. The van der Waals surface area contributed by atoms with E-state index in [0.717, 1.165) is 0 Å². The Labute approximate surface area is 130 Å². The first-order valence-corrected chi connectivity index (χ1v) is 7.31. The van der Waals surface area contributed by atoms with E-state index >= 15 is 0 Å². The molecule has 2 atom stereocenters. The first-order valence-electron chi connectivity index (χ1n) is 7.31. The molecule has 0 bridgehead atoms. The fraction of sp³-hybridized carbons (Fsp3) is 0.438. The molecule has 0 aliphatic rings. The summed E-state index contributed by atoms with van der Waals surface area (Å²) in [5.74, 6) is -1.63. The van der Waals surface area contributed by atoms with Crippen LogP contribution in [0.2, 0.25) is 0 Å². The van der Waals surface area contributed by atoms with Gasteiger partial charge in [0.1, 0.15) is 11.8 Å². The van der Waals surface area contributed by atoms with Crippen LogP contribution in [0.15, 0.2) is 30.3 Å². The van der Waals surface area contributed by atoms with Gasteiger partial charge in [-0.25, -0.2) is 5.43 Å². The van der Waals surface area contributed by atoms with Gasteiger partial charge in [-0.2, -0.15) is 0 Å². The van der Waals surface area contributed by atoms with Gasteiger partial charge in [-0.05, 0) is 19.1 Å². The molecule has 1 aromatic carbocycles. The van der Waals surface area contributed by atoms with Crippen molar-refractivity contribution in [1.29, 1.82) is 0 Å². The topological polar surface area (TPSA) is 84.5 Å². The van der Waals surface area contributed by atoms with Gasteiger partial charge < -0.3 is 4.74 Å². The molecule has 0 spiro atoms. The average Bonchev–Trinajstić information content (AvgIpc) is 2.54. The van der Waals surface area contributed by atoms with Gasteiger partial charge in [-0.3, -0.25) is 19.8 Å². The van der Waals surface area contributed by atoms with Crippen molar-refractivity contribution in [2.75, 3.05) is 6.61 Å². The summed E-state index contributed by atoms with van der Waals surface area (Å²) in [6.45, 7) is 5.25. The monoisotopic (exact) mass is 306 g/mol. The Kier molecular flexibility index (Phi) is 7.25. The number of carbonyl (C=O) groups is 3. The molecule has 0 radical (unpaired) electrons. The molecule has 1 rings (SSSR count). The normalized spacial score (nSPS) is 13.0. The van der Waals surface area contributed by atoms with E-state index in [-0.39, 0.29) is 18.3 Å². The summed E-state index contributed by atoms with van der Waals surface area (Å²) >= 11 is 0. The van der Waals surface area contributed by atoms with E-state index in [1.54, 1.807) is 51.1 Å². The number of Topliss-reactive ketones (excluding diaryl/α,β-unsaturated/α-hetero) is 1. The molecule has 2 N–H and O–H groups in total. The van der Waals surface area contributed by atoms with E-state index in [0.29, 0.717) is 12.0 Å². The summed E-state index contributed by atoms with van der Waals surface area (Å²) in [4.78, 5) is 35.8. The van der Waals surface area contributed by atoms with E-state index in [2.05, 4.69) is 10.9 Å². The number of benzene rings is 1. The summed E-state index contributed by atoms with van der Waals surface area (Å²) in [6, 6.07) is 7.66. The molecule has 22 heavy (non-hydrogen) atoms. The van der Waals surface area contributed by atoms with Crippen LogP contribution in [-0.2, 0) is 14.3 Å². The zero-order chi connectivity index (χ0) is 16.5. The van der Waals surface area contributed by atoms with Crippen LogP contribution < -0.4 is 10.9 Å². The van der Waals surface area contributed by atoms with Crippen molar-refractivity contribution in [3.05, 3.63) is 35.9 Å². The van der Waals surface area contributed by atoms with Crippen LogP contribution in [0.25, 0.3) is 0 Å². The third-order valence-corrected chi connectivity index (χ3v) is 3.27. The van der Waals surface area contributed by atoms with Crippen molar-refractivity contribution >= 4 is 17.7 Å². The number of ketones is 1. The molecule has 0 heterocycles.